The van der Waals surface area contributed by atoms with Gasteiger partial charge in [-0.2, -0.15) is 0 Å². The van der Waals surface area contributed by atoms with E-state index in [2.05, 4.69) is 35.7 Å². The molecule has 2 heterocycles. The van der Waals surface area contributed by atoms with Crippen LogP contribution < -0.4 is 0 Å². The van der Waals surface area contributed by atoms with Crippen molar-refractivity contribution in [1.29, 1.82) is 0 Å². The zero-order valence-electron chi connectivity index (χ0n) is 11.1. The summed E-state index contributed by atoms with van der Waals surface area (Å²) in [5.41, 5.74) is 1.10. The van der Waals surface area contributed by atoms with E-state index in [1.165, 1.54) is 20.0 Å². The molecule has 4 aromatic rings. The standard InChI is InChI=1S/C18H12OS2/c19-13-10-12-4-1-2-5-14(12)15(11-13)16-7-8-18(21-16)17-6-3-9-20-17/h1-11,19H. The second kappa shape index (κ2) is 5.02. The molecule has 3 heteroatoms. The molecule has 1 N–H and O–H groups in total. The molecule has 0 saturated heterocycles. The number of phenolic OH excluding ortho intramolecular Hbond substituents is 1. The molecule has 2 aromatic carbocycles. The maximum atomic E-state index is 9.97. The van der Waals surface area contributed by atoms with Crippen molar-refractivity contribution in [2.45, 2.75) is 0 Å². The van der Waals surface area contributed by atoms with E-state index in [1.54, 1.807) is 22.7 Å². The lowest BCUT2D eigenvalue weighted by molar-refractivity contribution is 0.476. The molecule has 102 valence electrons. The summed E-state index contributed by atoms with van der Waals surface area (Å²) in [7, 11) is 0. The molecule has 0 fully saturated rings. The molecule has 0 spiro atoms. The molecule has 1 nitrogen and oxygen atoms in total. The van der Waals surface area contributed by atoms with E-state index in [0.717, 1.165) is 10.9 Å². The minimum atomic E-state index is 0.315. The van der Waals surface area contributed by atoms with Crippen LogP contribution in [-0.4, -0.2) is 5.11 Å². The van der Waals surface area contributed by atoms with Crippen LogP contribution >= 0.6 is 22.7 Å². The number of rotatable bonds is 2. The zero-order valence-corrected chi connectivity index (χ0v) is 12.7. The molecule has 21 heavy (non-hydrogen) atoms. The van der Waals surface area contributed by atoms with E-state index in [9.17, 15) is 5.11 Å². The summed E-state index contributed by atoms with van der Waals surface area (Å²) < 4.78 is 0. The highest BCUT2D eigenvalue weighted by Gasteiger charge is 2.10. The molecule has 0 aliphatic rings. The lowest BCUT2D eigenvalue weighted by atomic mass is 10.0. The largest absolute Gasteiger partial charge is 0.508 e. The van der Waals surface area contributed by atoms with Gasteiger partial charge in [-0.25, -0.2) is 0 Å². The van der Waals surface area contributed by atoms with E-state index < -0.39 is 0 Å². The van der Waals surface area contributed by atoms with Crippen molar-refractivity contribution in [3.8, 4) is 25.9 Å². The summed E-state index contributed by atoms with van der Waals surface area (Å²) >= 11 is 3.52. The minimum Gasteiger partial charge on any atom is -0.508 e. The predicted molar refractivity (Wildman–Crippen MR) is 92.2 cm³/mol. The van der Waals surface area contributed by atoms with Crippen molar-refractivity contribution in [3.05, 3.63) is 66.0 Å². The highest BCUT2D eigenvalue weighted by Crippen LogP contribution is 2.40. The summed E-state index contributed by atoms with van der Waals surface area (Å²) in [4.78, 5) is 3.74. The molecule has 0 aliphatic heterocycles. The Bertz CT molecular complexity index is 904. The van der Waals surface area contributed by atoms with E-state index in [4.69, 9.17) is 0 Å². The van der Waals surface area contributed by atoms with Gasteiger partial charge in [0.1, 0.15) is 5.75 Å². The third-order valence-electron chi connectivity index (χ3n) is 3.48. The van der Waals surface area contributed by atoms with Crippen molar-refractivity contribution in [3.63, 3.8) is 0 Å². The van der Waals surface area contributed by atoms with Gasteiger partial charge in [-0.15, -0.1) is 22.7 Å². The monoisotopic (exact) mass is 308 g/mol. The number of aromatic hydroxyl groups is 1. The van der Waals surface area contributed by atoms with Gasteiger partial charge in [0, 0.05) is 20.2 Å². The van der Waals surface area contributed by atoms with Crippen LogP contribution in [-0.2, 0) is 0 Å². The number of benzene rings is 2. The van der Waals surface area contributed by atoms with Crippen LogP contribution in [0.2, 0.25) is 0 Å². The predicted octanol–water partition coefficient (Wildman–Crippen LogP) is 6.00. The summed E-state index contributed by atoms with van der Waals surface area (Å²) in [6.45, 7) is 0. The van der Waals surface area contributed by atoms with Gasteiger partial charge >= 0.3 is 0 Å². The van der Waals surface area contributed by atoms with Gasteiger partial charge in [0.2, 0.25) is 0 Å². The lowest BCUT2D eigenvalue weighted by Crippen LogP contribution is -1.78. The van der Waals surface area contributed by atoms with Crippen LogP contribution in [0.1, 0.15) is 0 Å². The fourth-order valence-electron chi connectivity index (χ4n) is 2.53. The summed E-state index contributed by atoms with van der Waals surface area (Å²) in [5.74, 6) is 0.315. The topological polar surface area (TPSA) is 20.2 Å². The van der Waals surface area contributed by atoms with Crippen LogP contribution in [0.15, 0.2) is 66.0 Å². The van der Waals surface area contributed by atoms with Crippen LogP contribution in [0.3, 0.4) is 0 Å². The average molecular weight is 308 g/mol. The van der Waals surface area contributed by atoms with Gasteiger partial charge in [-0.05, 0) is 46.5 Å². The second-order valence-corrected chi connectivity index (χ2v) is 6.89. The number of phenols is 1. The molecule has 0 radical (unpaired) electrons. The Kier molecular flexibility index (Phi) is 3.02. The molecule has 0 unspecified atom stereocenters. The van der Waals surface area contributed by atoms with Crippen molar-refractivity contribution in [2.24, 2.45) is 0 Å². The molecule has 4 rings (SSSR count). The van der Waals surface area contributed by atoms with Crippen LogP contribution in [0.5, 0.6) is 5.75 Å². The van der Waals surface area contributed by atoms with Crippen molar-refractivity contribution < 1.29 is 5.11 Å². The first-order chi connectivity index (χ1) is 10.3. The summed E-state index contributed by atoms with van der Waals surface area (Å²) in [6, 6.07) is 20.4. The lowest BCUT2D eigenvalue weighted by Gasteiger charge is -2.05. The Labute approximate surface area is 130 Å². The van der Waals surface area contributed by atoms with Crippen LogP contribution in [0, 0.1) is 0 Å². The van der Waals surface area contributed by atoms with Gasteiger partial charge < -0.3 is 5.11 Å². The molecule has 2 aromatic heterocycles. The highest BCUT2D eigenvalue weighted by molar-refractivity contribution is 7.23. The number of hydrogen-bond donors (Lipinski definition) is 1. The number of fused-ring (bicyclic) bond motifs is 1. The Hall–Kier alpha value is -2.10. The Morgan fingerprint density at radius 3 is 2.48 bits per heavy atom. The average Bonchev–Trinajstić information content (AvgIpc) is 3.17. The third-order valence-corrected chi connectivity index (χ3v) is 5.67. The first-order valence-electron chi connectivity index (χ1n) is 6.67. The molecular formula is C18H12OS2. The molecule has 0 bridgehead atoms. The van der Waals surface area contributed by atoms with E-state index in [-0.39, 0.29) is 0 Å². The zero-order chi connectivity index (χ0) is 14.2. The van der Waals surface area contributed by atoms with Crippen LogP contribution in [0.25, 0.3) is 31.0 Å². The Balaban J connectivity index is 1.91. The van der Waals surface area contributed by atoms with Gasteiger partial charge in [0.05, 0.1) is 0 Å². The molecule has 0 amide bonds. The second-order valence-electron chi connectivity index (χ2n) is 4.86. The first kappa shape index (κ1) is 12.6. The maximum absolute atomic E-state index is 9.97. The fraction of sp³-hybridized carbons (Fsp3) is 0. The van der Waals surface area contributed by atoms with Crippen molar-refractivity contribution in [2.75, 3.05) is 0 Å². The highest BCUT2D eigenvalue weighted by atomic mass is 32.1. The van der Waals surface area contributed by atoms with Crippen LogP contribution in [0.4, 0.5) is 0 Å². The van der Waals surface area contributed by atoms with Crippen molar-refractivity contribution in [1.82, 2.24) is 0 Å². The van der Waals surface area contributed by atoms with Gasteiger partial charge in [0.15, 0.2) is 0 Å². The summed E-state index contributed by atoms with van der Waals surface area (Å²) in [5, 5.41) is 14.3. The molecular weight excluding hydrogens is 296 g/mol. The van der Waals surface area contributed by atoms with E-state index in [1.807, 2.05) is 30.3 Å². The normalized spacial score (nSPS) is 11.0. The van der Waals surface area contributed by atoms with E-state index >= 15 is 0 Å². The quantitative estimate of drug-likeness (QED) is 0.481. The number of thiophene rings is 2. The third kappa shape index (κ3) is 2.24. The smallest absolute Gasteiger partial charge is 0.116 e. The first-order valence-corrected chi connectivity index (χ1v) is 8.37. The van der Waals surface area contributed by atoms with E-state index in [0.29, 0.717) is 5.75 Å². The summed E-state index contributed by atoms with van der Waals surface area (Å²) in [6.07, 6.45) is 0. The van der Waals surface area contributed by atoms with Crippen molar-refractivity contribution >= 4 is 33.4 Å². The molecule has 0 saturated carbocycles. The maximum Gasteiger partial charge on any atom is 0.116 e. The van der Waals surface area contributed by atoms with Gasteiger partial charge in [0.25, 0.3) is 0 Å². The fourth-order valence-corrected chi connectivity index (χ4v) is 4.40. The molecule has 0 atom stereocenters. The Morgan fingerprint density at radius 1 is 0.762 bits per heavy atom. The number of hydrogen-bond acceptors (Lipinski definition) is 3. The SMILES string of the molecule is Oc1cc(-c2ccc(-c3cccs3)s2)c2ccccc2c1. The van der Waals surface area contributed by atoms with Gasteiger partial charge in [-0.1, -0.05) is 30.3 Å². The Morgan fingerprint density at radius 2 is 1.62 bits per heavy atom. The molecule has 0 aliphatic carbocycles. The minimum absolute atomic E-state index is 0.315. The van der Waals surface area contributed by atoms with Gasteiger partial charge in [-0.3, -0.25) is 0 Å².